The Balaban J connectivity index is 2.12. The van der Waals surface area contributed by atoms with Gasteiger partial charge in [-0.1, -0.05) is 57.8 Å². The van der Waals surface area contributed by atoms with Crippen LogP contribution in [0.4, 0.5) is 0 Å². The highest BCUT2D eigenvalue weighted by Crippen LogP contribution is 2.42. The maximum atomic E-state index is 6.14. The predicted octanol–water partition coefficient (Wildman–Crippen LogP) is 5.32. The molecule has 118 valence electrons. The van der Waals surface area contributed by atoms with Crippen molar-refractivity contribution in [3.8, 4) is 0 Å². The average molecular weight is 308 g/mol. The standard InChI is InChI=1S/C19H30ClN/c1-5-21-18-11-14(2)9-10-17(18)19(3,4)13-15-7-6-8-16(20)12-15/h6-8,12,14,17-18,21H,5,9-11,13H2,1-4H3. The van der Waals surface area contributed by atoms with E-state index in [2.05, 4.69) is 51.2 Å². The molecule has 1 aromatic rings. The summed E-state index contributed by atoms with van der Waals surface area (Å²) in [5, 5.41) is 4.59. The van der Waals surface area contributed by atoms with Crippen LogP contribution in [-0.4, -0.2) is 12.6 Å². The van der Waals surface area contributed by atoms with Crippen molar-refractivity contribution in [3.63, 3.8) is 0 Å². The molecule has 0 bridgehead atoms. The highest BCUT2D eigenvalue weighted by Gasteiger charge is 2.38. The van der Waals surface area contributed by atoms with Gasteiger partial charge in [-0.05, 0) is 60.8 Å². The number of benzene rings is 1. The molecule has 0 heterocycles. The second-order valence-corrected chi connectivity index (χ2v) is 7.92. The van der Waals surface area contributed by atoms with E-state index in [9.17, 15) is 0 Å². The molecule has 21 heavy (non-hydrogen) atoms. The number of nitrogens with one attached hydrogen (secondary N) is 1. The second kappa shape index (κ2) is 7.15. The van der Waals surface area contributed by atoms with Gasteiger partial charge in [-0.25, -0.2) is 0 Å². The van der Waals surface area contributed by atoms with Gasteiger partial charge in [0.05, 0.1) is 0 Å². The summed E-state index contributed by atoms with van der Waals surface area (Å²) in [7, 11) is 0. The molecule has 1 aliphatic carbocycles. The Morgan fingerprint density at radius 1 is 1.29 bits per heavy atom. The minimum absolute atomic E-state index is 0.303. The van der Waals surface area contributed by atoms with Crippen molar-refractivity contribution in [2.24, 2.45) is 17.3 Å². The molecule has 1 aliphatic rings. The molecule has 2 rings (SSSR count). The smallest absolute Gasteiger partial charge is 0.0408 e. The first-order chi connectivity index (χ1) is 9.92. The Morgan fingerprint density at radius 2 is 2.05 bits per heavy atom. The van der Waals surface area contributed by atoms with Crippen LogP contribution < -0.4 is 5.32 Å². The lowest BCUT2D eigenvalue weighted by Gasteiger charge is -2.45. The zero-order valence-corrected chi connectivity index (χ0v) is 14.7. The zero-order chi connectivity index (χ0) is 15.5. The molecule has 1 aromatic carbocycles. The summed E-state index contributed by atoms with van der Waals surface area (Å²) in [5.74, 6) is 1.60. The van der Waals surface area contributed by atoms with Crippen LogP contribution in [0.5, 0.6) is 0 Å². The summed E-state index contributed by atoms with van der Waals surface area (Å²) in [5.41, 5.74) is 1.67. The van der Waals surface area contributed by atoms with Crippen LogP contribution in [0, 0.1) is 17.3 Å². The van der Waals surface area contributed by atoms with Crippen LogP contribution >= 0.6 is 11.6 Å². The molecule has 0 aliphatic heterocycles. The Labute approximate surface area is 135 Å². The van der Waals surface area contributed by atoms with Crippen molar-refractivity contribution >= 4 is 11.6 Å². The van der Waals surface area contributed by atoms with Crippen LogP contribution in [0.15, 0.2) is 24.3 Å². The first-order valence-corrected chi connectivity index (χ1v) is 8.78. The van der Waals surface area contributed by atoms with E-state index in [0.717, 1.165) is 29.8 Å². The third-order valence-corrected chi connectivity index (χ3v) is 5.37. The summed E-state index contributed by atoms with van der Waals surface area (Å²) in [4.78, 5) is 0. The lowest BCUT2D eigenvalue weighted by Crippen LogP contribution is -2.47. The normalized spacial score (nSPS) is 26.8. The topological polar surface area (TPSA) is 12.0 Å². The lowest BCUT2D eigenvalue weighted by molar-refractivity contribution is 0.0950. The van der Waals surface area contributed by atoms with Crippen LogP contribution in [0.1, 0.15) is 52.5 Å². The summed E-state index contributed by atoms with van der Waals surface area (Å²) in [6.45, 7) is 10.5. The highest BCUT2D eigenvalue weighted by molar-refractivity contribution is 6.30. The number of halogens is 1. The number of hydrogen-bond acceptors (Lipinski definition) is 1. The third kappa shape index (κ3) is 4.47. The Hall–Kier alpha value is -0.530. The van der Waals surface area contributed by atoms with Gasteiger partial charge in [-0.3, -0.25) is 0 Å². The van der Waals surface area contributed by atoms with Crippen molar-refractivity contribution in [1.82, 2.24) is 5.32 Å². The van der Waals surface area contributed by atoms with E-state index in [1.807, 2.05) is 6.07 Å². The molecule has 2 heteroatoms. The molecule has 0 radical (unpaired) electrons. The van der Waals surface area contributed by atoms with Crippen LogP contribution in [0.3, 0.4) is 0 Å². The molecule has 1 N–H and O–H groups in total. The molecule has 0 aromatic heterocycles. The van der Waals surface area contributed by atoms with Crippen LogP contribution in [-0.2, 0) is 6.42 Å². The van der Waals surface area contributed by atoms with Crippen LogP contribution in [0.25, 0.3) is 0 Å². The van der Waals surface area contributed by atoms with E-state index >= 15 is 0 Å². The fourth-order valence-electron chi connectivity index (χ4n) is 4.11. The monoisotopic (exact) mass is 307 g/mol. The molecule has 0 saturated heterocycles. The maximum absolute atomic E-state index is 6.14. The van der Waals surface area contributed by atoms with E-state index < -0.39 is 0 Å². The summed E-state index contributed by atoms with van der Waals surface area (Å²) < 4.78 is 0. The minimum atomic E-state index is 0.303. The van der Waals surface area contributed by atoms with Gasteiger partial charge in [0.15, 0.2) is 0 Å². The first-order valence-electron chi connectivity index (χ1n) is 8.40. The van der Waals surface area contributed by atoms with Gasteiger partial charge in [-0.15, -0.1) is 0 Å². The highest BCUT2D eigenvalue weighted by atomic mass is 35.5. The lowest BCUT2D eigenvalue weighted by atomic mass is 9.64. The van der Waals surface area contributed by atoms with Gasteiger partial charge in [0.25, 0.3) is 0 Å². The van der Waals surface area contributed by atoms with E-state index in [-0.39, 0.29) is 0 Å². The largest absolute Gasteiger partial charge is 0.314 e. The summed E-state index contributed by atoms with van der Waals surface area (Å²) in [6, 6.07) is 9.02. The van der Waals surface area contributed by atoms with Crippen LogP contribution in [0.2, 0.25) is 5.02 Å². The Morgan fingerprint density at radius 3 is 2.71 bits per heavy atom. The third-order valence-electron chi connectivity index (χ3n) is 5.13. The van der Waals surface area contributed by atoms with Crippen molar-refractivity contribution < 1.29 is 0 Å². The first kappa shape index (κ1) is 16.8. The average Bonchev–Trinajstić information content (AvgIpc) is 2.38. The summed E-state index contributed by atoms with van der Waals surface area (Å²) >= 11 is 6.14. The molecular weight excluding hydrogens is 278 g/mol. The van der Waals surface area contributed by atoms with Gasteiger partial charge >= 0.3 is 0 Å². The molecule has 3 unspecified atom stereocenters. The maximum Gasteiger partial charge on any atom is 0.0408 e. The molecule has 1 nitrogen and oxygen atoms in total. The fraction of sp³-hybridized carbons (Fsp3) is 0.684. The zero-order valence-electron chi connectivity index (χ0n) is 14.0. The van der Waals surface area contributed by atoms with Crippen molar-refractivity contribution in [2.45, 2.75) is 59.4 Å². The van der Waals surface area contributed by atoms with E-state index in [0.29, 0.717) is 11.5 Å². The van der Waals surface area contributed by atoms with E-state index in [1.165, 1.54) is 24.8 Å². The number of hydrogen-bond donors (Lipinski definition) is 1. The van der Waals surface area contributed by atoms with Gasteiger partial charge < -0.3 is 5.32 Å². The van der Waals surface area contributed by atoms with Crippen molar-refractivity contribution in [3.05, 3.63) is 34.9 Å². The Kier molecular flexibility index (Phi) is 5.73. The van der Waals surface area contributed by atoms with Gasteiger partial charge in [0.2, 0.25) is 0 Å². The number of rotatable bonds is 5. The molecule has 1 fully saturated rings. The molecule has 3 atom stereocenters. The molecular formula is C19H30ClN. The summed E-state index contributed by atoms with van der Waals surface area (Å²) in [6.07, 6.45) is 5.13. The Bertz CT molecular complexity index is 455. The predicted molar refractivity (Wildman–Crippen MR) is 92.9 cm³/mol. The van der Waals surface area contributed by atoms with Gasteiger partial charge in [-0.2, -0.15) is 0 Å². The van der Waals surface area contributed by atoms with Crippen molar-refractivity contribution in [1.29, 1.82) is 0 Å². The van der Waals surface area contributed by atoms with E-state index in [4.69, 9.17) is 11.6 Å². The second-order valence-electron chi connectivity index (χ2n) is 7.48. The SMILES string of the molecule is CCNC1CC(C)CCC1C(C)(C)Cc1cccc(Cl)c1. The van der Waals surface area contributed by atoms with Gasteiger partial charge in [0.1, 0.15) is 0 Å². The minimum Gasteiger partial charge on any atom is -0.314 e. The molecule has 0 amide bonds. The molecule has 0 spiro atoms. The van der Waals surface area contributed by atoms with Gasteiger partial charge in [0, 0.05) is 11.1 Å². The molecule has 1 saturated carbocycles. The fourth-order valence-corrected chi connectivity index (χ4v) is 4.32. The van der Waals surface area contributed by atoms with E-state index in [1.54, 1.807) is 0 Å². The quantitative estimate of drug-likeness (QED) is 0.776. The van der Waals surface area contributed by atoms with Crippen molar-refractivity contribution in [2.75, 3.05) is 6.54 Å².